The van der Waals surface area contributed by atoms with Crippen LogP contribution in [0.4, 0.5) is 0 Å². The lowest BCUT2D eigenvalue weighted by molar-refractivity contribution is -0.223. The van der Waals surface area contributed by atoms with E-state index in [-0.39, 0.29) is 18.4 Å². The van der Waals surface area contributed by atoms with Crippen LogP contribution in [-0.2, 0) is 19.1 Å². The third-order valence-electron chi connectivity index (χ3n) is 9.38. The molecule has 0 bridgehead atoms. The van der Waals surface area contributed by atoms with Crippen molar-refractivity contribution in [1.82, 2.24) is 10.2 Å². The van der Waals surface area contributed by atoms with Gasteiger partial charge >= 0.3 is 5.97 Å². The van der Waals surface area contributed by atoms with Crippen LogP contribution >= 0.6 is 11.8 Å². The average Bonchev–Trinajstić information content (AvgIpc) is 3.36. The summed E-state index contributed by atoms with van der Waals surface area (Å²) < 4.78 is 11.7. The van der Waals surface area contributed by atoms with E-state index in [4.69, 9.17) is 9.47 Å². The van der Waals surface area contributed by atoms with Gasteiger partial charge in [0, 0.05) is 13.0 Å². The third-order valence-corrected chi connectivity index (χ3v) is 10.2. The predicted molar refractivity (Wildman–Crippen MR) is 177 cm³/mol. The van der Waals surface area contributed by atoms with Gasteiger partial charge in [0.05, 0.1) is 18.2 Å². The highest BCUT2D eigenvalue weighted by molar-refractivity contribution is 7.99. The summed E-state index contributed by atoms with van der Waals surface area (Å²) in [6.45, 7) is 6.75. The lowest BCUT2D eigenvalue weighted by atomic mass is 9.91. The van der Waals surface area contributed by atoms with Gasteiger partial charge in [-0.1, -0.05) is 97.3 Å². The normalized spacial score (nSPS) is 29.0. The van der Waals surface area contributed by atoms with Crippen LogP contribution in [-0.4, -0.2) is 100.0 Å². The Morgan fingerprint density at radius 2 is 1.50 bits per heavy atom. The summed E-state index contributed by atoms with van der Waals surface area (Å²) in [5.74, 6) is -0.203. The molecule has 2 heterocycles. The number of hydrogen-bond acceptors (Lipinski definition) is 9. The molecule has 4 N–H and O–H groups in total. The molecule has 0 aromatic rings. The highest BCUT2D eigenvalue weighted by atomic mass is 32.2. The molecular weight excluding hydrogens is 580 g/mol. The van der Waals surface area contributed by atoms with Crippen molar-refractivity contribution in [2.45, 2.75) is 178 Å². The van der Waals surface area contributed by atoms with Gasteiger partial charge in [0.2, 0.25) is 5.91 Å². The van der Waals surface area contributed by atoms with Crippen molar-refractivity contribution in [2.75, 3.05) is 19.8 Å². The fraction of sp³-hybridized carbons (Fsp3) is 0.941. The molecule has 0 aromatic carbocycles. The Morgan fingerprint density at radius 1 is 0.932 bits per heavy atom. The van der Waals surface area contributed by atoms with E-state index in [0.717, 1.165) is 45.1 Å². The Kier molecular flexibility index (Phi) is 19.5. The molecule has 2 rings (SSSR count). The number of unbranched alkanes of at least 4 members (excludes halogenated alkanes) is 12. The Balaban J connectivity index is 1.76. The molecule has 0 aromatic heterocycles. The number of nitrogens with zero attached hydrogens (tertiary/aromatic N) is 1. The number of ether oxygens (including phenoxy) is 2. The number of thioether (sulfide) groups is 1. The number of likely N-dealkylation sites (N-methyl/N-ethyl adjacent to an activating group) is 1. The molecule has 9 atom stereocenters. The SMILES string of the molecule is CCCCCCCCCCCCCCCC(=O)OC1C(O)[C@@H](O)C(C(NC(=O)C2CC(CCC)CN2C)C(C)O)O[C@@H]1SC. The Labute approximate surface area is 271 Å². The quantitative estimate of drug-likeness (QED) is 0.0932. The number of likely N-dealkylation sites (tertiary alicyclic amines) is 1. The molecule has 0 radical (unpaired) electrons. The number of aliphatic hydroxyl groups excluding tert-OH is 3. The van der Waals surface area contributed by atoms with Gasteiger partial charge in [0.15, 0.2) is 6.10 Å². The molecule has 0 spiro atoms. The first-order valence-corrected chi connectivity index (χ1v) is 18.9. The standard InChI is InChI=1S/C34H64N2O7S/c1-6-8-9-10-11-12-13-14-15-16-17-18-19-21-27(38)42-32-30(40)29(39)31(43-34(32)44-5)28(24(3)37)35-33(41)26-22-25(20-7-2)23-36(26)4/h24-26,28-32,34,37,39-40H,6-23H2,1-5H3,(H,35,41)/t24?,25?,26?,28?,29-,30?,31?,32?,34-/m1/s1. The molecule has 1 amide bonds. The fourth-order valence-corrected chi connectivity index (χ4v) is 7.46. The van der Waals surface area contributed by atoms with Crippen LogP contribution in [0.1, 0.15) is 130 Å². The maximum Gasteiger partial charge on any atom is 0.306 e. The number of aliphatic hydroxyl groups is 3. The number of rotatable bonds is 22. The Morgan fingerprint density at radius 3 is 2.02 bits per heavy atom. The van der Waals surface area contributed by atoms with Crippen molar-refractivity contribution in [3.63, 3.8) is 0 Å². The first kappa shape index (κ1) is 39.3. The first-order valence-electron chi connectivity index (χ1n) is 17.6. The molecule has 2 aliphatic rings. The van der Waals surface area contributed by atoms with Gasteiger partial charge in [0.25, 0.3) is 0 Å². The van der Waals surface area contributed by atoms with E-state index in [1.807, 2.05) is 11.9 Å². The van der Waals surface area contributed by atoms with Crippen molar-refractivity contribution in [3.05, 3.63) is 0 Å². The fourth-order valence-electron chi connectivity index (χ4n) is 6.74. The maximum absolute atomic E-state index is 13.2. The molecular formula is C34H64N2O7S. The summed E-state index contributed by atoms with van der Waals surface area (Å²) >= 11 is 1.26. The minimum atomic E-state index is -1.46. The van der Waals surface area contributed by atoms with Crippen molar-refractivity contribution in [1.29, 1.82) is 0 Å². The molecule has 0 aliphatic carbocycles. The second-order valence-electron chi connectivity index (χ2n) is 13.3. The lowest BCUT2D eigenvalue weighted by Gasteiger charge is -2.45. The smallest absolute Gasteiger partial charge is 0.306 e. The minimum absolute atomic E-state index is 0.227. The number of carbonyl (C=O) groups is 2. The molecule has 7 unspecified atom stereocenters. The van der Waals surface area contributed by atoms with E-state index in [1.54, 1.807) is 6.26 Å². The van der Waals surface area contributed by atoms with Gasteiger partial charge in [0.1, 0.15) is 23.7 Å². The van der Waals surface area contributed by atoms with Crippen LogP contribution in [0.3, 0.4) is 0 Å². The van der Waals surface area contributed by atoms with E-state index in [9.17, 15) is 24.9 Å². The Hall–Kier alpha value is -0.910. The molecule has 9 nitrogen and oxygen atoms in total. The lowest BCUT2D eigenvalue weighted by Crippen LogP contribution is -2.66. The topological polar surface area (TPSA) is 129 Å². The number of hydrogen-bond donors (Lipinski definition) is 4. The second-order valence-corrected chi connectivity index (χ2v) is 14.2. The van der Waals surface area contributed by atoms with Crippen molar-refractivity contribution >= 4 is 23.6 Å². The molecule has 2 saturated heterocycles. The molecule has 2 fully saturated rings. The van der Waals surface area contributed by atoms with E-state index in [0.29, 0.717) is 5.92 Å². The van der Waals surface area contributed by atoms with Crippen LogP contribution in [0, 0.1) is 5.92 Å². The van der Waals surface area contributed by atoms with Crippen LogP contribution < -0.4 is 5.32 Å². The molecule has 10 heteroatoms. The zero-order valence-electron chi connectivity index (χ0n) is 28.3. The number of esters is 1. The number of amides is 1. The van der Waals surface area contributed by atoms with Gasteiger partial charge in [-0.25, -0.2) is 0 Å². The molecule has 44 heavy (non-hydrogen) atoms. The van der Waals surface area contributed by atoms with Crippen LogP contribution in [0.2, 0.25) is 0 Å². The third kappa shape index (κ3) is 13.1. The van der Waals surface area contributed by atoms with Crippen LogP contribution in [0.25, 0.3) is 0 Å². The maximum atomic E-state index is 13.2. The molecule has 2 aliphatic heterocycles. The first-order chi connectivity index (χ1) is 21.1. The van der Waals surface area contributed by atoms with Gasteiger partial charge in [-0.3, -0.25) is 14.5 Å². The highest BCUT2D eigenvalue weighted by Crippen LogP contribution is 2.32. The van der Waals surface area contributed by atoms with E-state index in [1.165, 1.54) is 82.9 Å². The summed E-state index contributed by atoms with van der Waals surface area (Å²) in [6, 6.07) is -1.27. The van der Waals surface area contributed by atoms with Crippen molar-refractivity contribution in [2.24, 2.45) is 5.92 Å². The minimum Gasteiger partial charge on any atom is -0.456 e. The molecule has 0 saturated carbocycles. The van der Waals surface area contributed by atoms with Gasteiger partial charge in [-0.2, -0.15) is 0 Å². The van der Waals surface area contributed by atoms with Gasteiger partial charge in [-0.15, -0.1) is 11.8 Å². The number of nitrogens with one attached hydrogen (secondary N) is 1. The average molecular weight is 645 g/mol. The van der Waals surface area contributed by atoms with E-state index < -0.39 is 48.0 Å². The van der Waals surface area contributed by atoms with E-state index in [2.05, 4.69) is 19.2 Å². The van der Waals surface area contributed by atoms with Crippen molar-refractivity contribution < 1.29 is 34.4 Å². The summed E-state index contributed by atoms with van der Waals surface area (Å²) in [7, 11) is 1.92. The zero-order valence-corrected chi connectivity index (χ0v) is 29.1. The monoisotopic (exact) mass is 644 g/mol. The summed E-state index contributed by atoms with van der Waals surface area (Å²) in [5.41, 5.74) is -0.754. The summed E-state index contributed by atoms with van der Waals surface area (Å²) in [6.07, 6.45) is 14.7. The van der Waals surface area contributed by atoms with Crippen molar-refractivity contribution in [3.8, 4) is 0 Å². The number of carbonyl (C=O) groups excluding carboxylic acids is 2. The second kappa shape index (κ2) is 21.8. The van der Waals surface area contributed by atoms with Crippen LogP contribution in [0.15, 0.2) is 0 Å². The Bertz CT molecular complexity index is 802. The predicted octanol–water partition coefficient (Wildman–Crippen LogP) is 5.18. The highest BCUT2D eigenvalue weighted by Gasteiger charge is 2.50. The van der Waals surface area contributed by atoms with E-state index >= 15 is 0 Å². The summed E-state index contributed by atoms with van der Waals surface area (Å²) in [4.78, 5) is 27.9. The van der Waals surface area contributed by atoms with Gasteiger partial charge in [-0.05, 0) is 45.4 Å². The van der Waals surface area contributed by atoms with Gasteiger partial charge < -0.3 is 30.1 Å². The largest absolute Gasteiger partial charge is 0.456 e. The zero-order chi connectivity index (χ0) is 32.5. The summed E-state index contributed by atoms with van der Waals surface area (Å²) in [5, 5.41) is 35.6. The molecule has 258 valence electrons. The van der Waals surface area contributed by atoms with Crippen LogP contribution in [0.5, 0.6) is 0 Å².